The molecule has 1 heterocycles. The lowest BCUT2D eigenvalue weighted by atomic mass is 10.3. The van der Waals surface area contributed by atoms with Gasteiger partial charge in [-0.2, -0.15) is 5.10 Å². The van der Waals surface area contributed by atoms with Crippen LogP contribution in [0.2, 0.25) is 5.02 Å². The highest BCUT2D eigenvalue weighted by Gasteiger charge is 2.12. The van der Waals surface area contributed by atoms with E-state index in [1.807, 2.05) is 13.8 Å². The number of nitrogens with one attached hydrogen (secondary N) is 2. The highest BCUT2D eigenvalue weighted by atomic mass is 35.5. The summed E-state index contributed by atoms with van der Waals surface area (Å²) in [4.78, 5) is 11.8. The zero-order chi connectivity index (χ0) is 16.1. The van der Waals surface area contributed by atoms with Crippen molar-refractivity contribution in [3.63, 3.8) is 0 Å². The van der Waals surface area contributed by atoms with Gasteiger partial charge in [0.1, 0.15) is 23.8 Å². The second-order valence-corrected chi connectivity index (χ2v) is 5.40. The van der Waals surface area contributed by atoms with Crippen LogP contribution in [-0.2, 0) is 6.61 Å². The topological polar surface area (TPSA) is 76.2 Å². The van der Waals surface area contributed by atoms with Crippen molar-refractivity contribution in [2.45, 2.75) is 26.5 Å². The molecule has 0 unspecified atom stereocenters. The summed E-state index contributed by atoms with van der Waals surface area (Å²) in [6.45, 7) is 4.01. The summed E-state index contributed by atoms with van der Waals surface area (Å²) in [7, 11) is 1.57. The molecule has 2 N–H and O–H groups in total. The SMILES string of the molecule is COc1ccc(OCc2cc(C(=O)NC(C)C)n[nH]2)c(Cl)c1. The monoisotopic (exact) mass is 323 g/mol. The van der Waals surface area contributed by atoms with E-state index in [-0.39, 0.29) is 18.6 Å². The van der Waals surface area contributed by atoms with Gasteiger partial charge in [-0.1, -0.05) is 11.6 Å². The van der Waals surface area contributed by atoms with Gasteiger partial charge < -0.3 is 14.8 Å². The molecule has 1 aromatic heterocycles. The molecule has 2 aromatic rings. The number of benzene rings is 1. The maximum Gasteiger partial charge on any atom is 0.271 e. The second kappa shape index (κ2) is 7.17. The van der Waals surface area contributed by atoms with E-state index in [2.05, 4.69) is 15.5 Å². The fraction of sp³-hybridized carbons (Fsp3) is 0.333. The average molecular weight is 324 g/mol. The minimum absolute atomic E-state index is 0.0574. The molecule has 0 saturated heterocycles. The number of methoxy groups -OCH3 is 1. The third-order valence-electron chi connectivity index (χ3n) is 2.81. The number of aromatic nitrogens is 2. The van der Waals surface area contributed by atoms with Gasteiger partial charge in [0, 0.05) is 12.1 Å². The third kappa shape index (κ3) is 4.14. The van der Waals surface area contributed by atoms with E-state index < -0.39 is 0 Å². The molecular formula is C15H18ClN3O3. The number of carbonyl (C=O) groups excluding carboxylic acids is 1. The summed E-state index contributed by atoms with van der Waals surface area (Å²) in [6, 6.07) is 6.86. The predicted octanol–water partition coefficient (Wildman–Crippen LogP) is 2.79. The molecule has 7 heteroatoms. The quantitative estimate of drug-likeness (QED) is 0.857. The molecule has 0 spiro atoms. The highest BCUT2D eigenvalue weighted by molar-refractivity contribution is 6.32. The van der Waals surface area contributed by atoms with Crippen molar-refractivity contribution in [2.24, 2.45) is 0 Å². The van der Waals surface area contributed by atoms with E-state index in [0.29, 0.717) is 27.9 Å². The van der Waals surface area contributed by atoms with Crippen molar-refractivity contribution < 1.29 is 14.3 Å². The normalized spacial score (nSPS) is 10.6. The number of halogens is 1. The van der Waals surface area contributed by atoms with Gasteiger partial charge in [-0.25, -0.2) is 0 Å². The zero-order valence-electron chi connectivity index (χ0n) is 12.6. The molecule has 0 saturated carbocycles. The van der Waals surface area contributed by atoms with Crippen molar-refractivity contribution in [3.05, 3.63) is 40.7 Å². The first kappa shape index (κ1) is 16.2. The minimum Gasteiger partial charge on any atom is -0.497 e. The molecular weight excluding hydrogens is 306 g/mol. The molecule has 2 rings (SSSR count). The summed E-state index contributed by atoms with van der Waals surface area (Å²) in [5.41, 5.74) is 1.01. The first-order valence-corrected chi connectivity index (χ1v) is 7.19. The average Bonchev–Trinajstić information content (AvgIpc) is 2.94. The first-order chi connectivity index (χ1) is 10.5. The Bertz CT molecular complexity index is 655. The lowest BCUT2D eigenvalue weighted by Crippen LogP contribution is -2.30. The van der Waals surface area contributed by atoms with E-state index in [1.54, 1.807) is 31.4 Å². The summed E-state index contributed by atoms with van der Waals surface area (Å²) in [5.74, 6) is 0.969. The van der Waals surface area contributed by atoms with E-state index in [9.17, 15) is 4.79 Å². The minimum atomic E-state index is -0.222. The van der Waals surface area contributed by atoms with E-state index >= 15 is 0 Å². The van der Waals surface area contributed by atoms with Gasteiger partial charge >= 0.3 is 0 Å². The van der Waals surface area contributed by atoms with Crippen molar-refractivity contribution in [3.8, 4) is 11.5 Å². The van der Waals surface area contributed by atoms with Crippen LogP contribution in [0.4, 0.5) is 0 Å². The molecule has 118 valence electrons. The molecule has 1 aromatic carbocycles. The van der Waals surface area contributed by atoms with Gasteiger partial charge in [-0.3, -0.25) is 9.89 Å². The molecule has 0 aliphatic rings. The molecule has 6 nitrogen and oxygen atoms in total. The van der Waals surface area contributed by atoms with Crippen LogP contribution in [0.1, 0.15) is 30.0 Å². The Morgan fingerprint density at radius 3 is 2.82 bits per heavy atom. The number of H-pyrrole nitrogens is 1. The number of rotatable bonds is 6. The molecule has 0 aliphatic carbocycles. The maximum absolute atomic E-state index is 11.8. The molecule has 0 radical (unpaired) electrons. The first-order valence-electron chi connectivity index (χ1n) is 6.81. The molecule has 0 bridgehead atoms. The van der Waals surface area contributed by atoms with Crippen LogP contribution in [0.25, 0.3) is 0 Å². The number of ether oxygens (including phenoxy) is 2. The van der Waals surface area contributed by atoms with E-state index in [0.717, 1.165) is 0 Å². The fourth-order valence-electron chi connectivity index (χ4n) is 1.77. The van der Waals surface area contributed by atoms with Gasteiger partial charge in [0.05, 0.1) is 17.8 Å². The Labute approximate surface area is 133 Å². The molecule has 0 atom stereocenters. The number of hydrogen-bond acceptors (Lipinski definition) is 4. The Kier molecular flexibility index (Phi) is 5.27. The van der Waals surface area contributed by atoms with Crippen molar-refractivity contribution in [1.82, 2.24) is 15.5 Å². The number of nitrogens with zero attached hydrogens (tertiary/aromatic N) is 1. The Morgan fingerprint density at radius 1 is 1.41 bits per heavy atom. The summed E-state index contributed by atoms with van der Waals surface area (Å²) < 4.78 is 10.7. The fourth-order valence-corrected chi connectivity index (χ4v) is 1.99. The van der Waals surface area contributed by atoms with Crippen molar-refractivity contribution >= 4 is 17.5 Å². The van der Waals surface area contributed by atoms with Crippen LogP contribution in [0.3, 0.4) is 0 Å². The molecule has 22 heavy (non-hydrogen) atoms. The number of aromatic amines is 1. The maximum atomic E-state index is 11.8. The predicted molar refractivity (Wildman–Crippen MR) is 83.5 cm³/mol. The third-order valence-corrected chi connectivity index (χ3v) is 3.10. The lowest BCUT2D eigenvalue weighted by Gasteiger charge is -2.08. The number of hydrogen-bond donors (Lipinski definition) is 2. The summed E-state index contributed by atoms with van der Waals surface area (Å²) in [6.07, 6.45) is 0. The Hall–Kier alpha value is -2.21. The smallest absolute Gasteiger partial charge is 0.271 e. The Balaban J connectivity index is 1.98. The number of carbonyl (C=O) groups is 1. The molecule has 0 aliphatic heterocycles. The standard InChI is InChI=1S/C15H18ClN3O3/c1-9(2)17-15(20)13-6-10(18-19-13)8-22-14-5-4-11(21-3)7-12(14)16/h4-7,9H,8H2,1-3H3,(H,17,20)(H,18,19). The molecule has 0 fully saturated rings. The van der Waals surface area contributed by atoms with Gasteiger partial charge in [0.15, 0.2) is 0 Å². The zero-order valence-corrected chi connectivity index (χ0v) is 13.4. The van der Waals surface area contributed by atoms with Gasteiger partial charge in [-0.15, -0.1) is 0 Å². The van der Waals surface area contributed by atoms with Crippen LogP contribution in [-0.4, -0.2) is 29.3 Å². The van der Waals surface area contributed by atoms with Crippen LogP contribution < -0.4 is 14.8 Å². The van der Waals surface area contributed by atoms with Crippen LogP contribution >= 0.6 is 11.6 Å². The van der Waals surface area contributed by atoms with Crippen LogP contribution in [0, 0.1) is 0 Å². The summed E-state index contributed by atoms with van der Waals surface area (Å²) >= 11 is 6.09. The van der Waals surface area contributed by atoms with E-state index in [4.69, 9.17) is 21.1 Å². The summed E-state index contributed by atoms with van der Waals surface area (Å²) in [5, 5.41) is 9.96. The molecule has 1 amide bonds. The lowest BCUT2D eigenvalue weighted by molar-refractivity contribution is 0.0938. The Morgan fingerprint density at radius 2 is 2.18 bits per heavy atom. The largest absolute Gasteiger partial charge is 0.497 e. The number of amides is 1. The van der Waals surface area contributed by atoms with Gasteiger partial charge in [0.25, 0.3) is 5.91 Å². The van der Waals surface area contributed by atoms with Crippen LogP contribution in [0.15, 0.2) is 24.3 Å². The van der Waals surface area contributed by atoms with E-state index in [1.165, 1.54) is 0 Å². The second-order valence-electron chi connectivity index (χ2n) is 4.99. The van der Waals surface area contributed by atoms with Crippen LogP contribution in [0.5, 0.6) is 11.5 Å². The van der Waals surface area contributed by atoms with Crippen molar-refractivity contribution in [2.75, 3.05) is 7.11 Å². The van der Waals surface area contributed by atoms with Crippen molar-refractivity contribution in [1.29, 1.82) is 0 Å². The van der Waals surface area contributed by atoms with Gasteiger partial charge in [-0.05, 0) is 32.0 Å². The highest BCUT2D eigenvalue weighted by Crippen LogP contribution is 2.29. The van der Waals surface area contributed by atoms with Gasteiger partial charge in [0.2, 0.25) is 0 Å².